The van der Waals surface area contributed by atoms with Crippen molar-refractivity contribution in [2.45, 2.75) is 25.2 Å². The molecule has 36 heavy (non-hydrogen) atoms. The quantitative estimate of drug-likeness (QED) is 0.446. The Morgan fingerprint density at radius 3 is 2.67 bits per heavy atom. The second kappa shape index (κ2) is 9.80. The van der Waals surface area contributed by atoms with E-state index in [2.05, 4.69) is 33.6 Å². The summed E-state index contributed by atoms with van der Waals surface area (Å²) in [6, 6.07) is 17.4. The maximum Gasteiger partial charge on any atom is 0.271 e. The fourth-order valence-corrected chi connectivity index (χ4v) is 4.80. The van der Waals surface area contributed by atoms with Crippen LogP contribution in [-0.2, 0) is 10.2 Å². The van der Waals surface area contributed by atoms with Crippen LogP contribution in [-0.4, -0.2) is 47.4 Å². The number of nitrogens with one attached hydrogen (secondary N) is 1. The number of ether oxygens (including phenoxy) is 2. The molecule has 2 aromatic heterocycles. The van der Waals surface area contributed by atoms with Crippen LogP contribution in [0.3, 0.4) is 0 Å². The molecule has 0 saturated carbocycles. The van der Waals surface area contributed by atoms with Crippen molar-refractivity contribution in [3.8, 4) is 22.9 Å². The van der Waals surface area contributed by atoms with Gasteiger partial charge >= 0.3 is 0 Å². The number of hydrogen-bond donors (Lipinski definition) is 1. The summed E-state index contributed by atoms with van der Waals surface area (Å²) in [6.45, 7) is 3.74. The molecule has 8 heteroatoms. The van der Waals surface area contributed by atoms with Crippen LogP contribution in [0.15, 0.2) is 60.9 Å². The van der Waals surface area contributed by atoms with E-state index < -0.39 is 0 Å². The molecule has 0 radical (unpaired) electrons. The van der Waals surface area contributed by atoms with Gasteiger partial charge in [0.25, 0.3) is 5.91 Å². The fraction of sp³-hybridized carbons (Fsp3) is 0.286. The lowest BCUT2D eigenvalue weighted by molar-refractivity contribution is 0.0486. The van der Waals surface area contributed by atoms with Gasteiger partial charge in [0.15, 0.2) is 11.3 Å². The van der Waals surface area contributed by atoms with E-state index in [0.717, 1.165) is 40.8 Å². The Kier molecular flexibility index (Phi) is 6.40. The lowest BCUT2D eigenvalue weighted by Crippen LogP contribution is -2.44. The number of carbonyl (C=O) groups is 1. The number of benzene rings is 2. The van der Waals surface area contributed by atoms with Gasteiger partial charge in [0.2, 0.25) is 0 Å². The molecule has 1 aliphatic rings. The van der Waals surface area contributed by atoms with Gasteiger partial charge in [-0.1, -0.05) is 18.2 Å². The molecule has 0 bridgehead atoms. The van der Waals surface area contributed by atoms with Gasteiger partial charge in [0.05, 0.1) is 18.7 Å². The standard InChI is InChI=1S/C28H27N5O3/c1-19-13-20(15-29)3-8-24(19)21-16-30-26-14-25(32-33(26)17-21)27(34)31-18-28(9-11-36-12-10-28)22-4-6-23(35-2)7-5-22/h3-8,13-14,16-17H,9-12,18H2,1-2H3,(H,31,34). The first-order valence-corrected chi connectivity index (χ1v) is 11.9. The summed E-state index contributed by atoms with van der Waals surface area (Å²) in [6.07, 6.45) is 5.25. The zero-order valence-electron chi connectivity index (χ0n) is 20.3. The Morgan fingerprint density at radius 2 is 1.97 bits per heavy atom. The molecule has 1 N–H and O–H groups in total. The third kappa shape index (κ3) is 4.53. The van der Waals surface area contributed by atoms with Crippen molar-refractivity contribution in [3.05, 3.63) is 83.3 Å². The lowest BCUT2D eigenvalue weighted by atomic mass is 9.74. The molecule has 0 aliphatic carbocycles. The van der Waals surface area contributed by atoms with Crippen LogP contribution >= 0.6 is 0 Å². The number of hydrogen-bond acceptors (Lipinski definition) is 6. The van der Waals surface area contributed by atoms with Crippen molar-refractivity contribution >= 4 is 11.6 Å². The largest absolute Gasteiger partial charge is 0.497 e. The van der Waals surface area contributed by atoms with Gasteiger partial charge in [-0.2, -0.15) is 10.4 Å². The molecule has 8 nitrogen and oxygen atoms in total. The van der Waals surface area contributed by atoms with Crippen molar-refractivity contribution in [1.82, 2.24) is 19.9 Å². The summed E-state index contributed by atoms with van der Waals surface area (Å²) >= 11 is 0. The monoisotopic (exact) mass is 481 g/mol. The van der Waals surface area contributed by atoms with E-state index in [9.17, 15) is 4.79 Å². The highest BCUT2D eigenvalue weighted by atomic mass is 16.5. The molecule has 3 heterocycles. The smallest absolute Gasteiger partial charge is 0.271 e. The van der Waals surface area contributed by atoms with Gasteiger partial charge < -0.3 is 14.8 Å². The van der Waals surface area contributed by atoms with E-state index in [1.807, 2.05) is 37.4 Å². The number of rotatable bonds is 6. The Morgan fingerprint density at radius 1 is 1.19 bits per heavy atom. The van der Waals surface area contributed by atoms with E-state index >= 15 is 0 Å². The molecular weight excluding hydrogens is 454 g/mol. The molecule has 0 atom stereocenters. The SMILES string of the molecule is COc1ccc(C2(CNC(=O)c3cc4ncc(-c5ccc(C#N)cc5C)cn4n3)CCOCC2)cc1. The van der Waals surface area contributed by atoms with Crippen molar-refractivity contribution in [2.75, 3.05) is 26.9 Å². The number of carbonyl (C=O) groups excluding carboxylic acids is 1. The van der Waals surface area contributed by atoms with Crippen LogP contribution in [0.4, 0.5) is 0 Å². The molecule has 1 fully saturated rings. The first kappa shape index (κ1) is 23.5. The minimum atomic E-state index is -0.240. The predicted octanol–water partition coefficient (Wildman–Crippen LogP) is 4.06. The number of aromatic nitrogens is 3. The Hall–Kier alpha value is -4.22. The first-order chi connectivity index (χ1) is 17.5. The van der Waals surface area contributed by atoms with Crippen molar-refractivity contribution < 1.29 is 14.3 Å². The van der Waals surface area contributed by atoms with Crippen LogP contribution in [0, 0.1) is 18.3 Å². The summed E-state index contributed by atoms with van der Waals surface area (Å²) in [5.41, 5.74) is 5.26. The maximum absolute atomic E-state index is 13.1. The Balaban J connectivity index is 1.36. The highest BCUT2D eigenvalue weighted by Crippen LogP contribution is 2.35. The number of aryl methyl sites for hydroxylation is 1. The van der Waals surface area contributed by atoms with Gasteiger partial charge in [-0.3, -0.25) is 4.79 Å². The van der Waals surface area contributed by atoms with Crippen LogP contribution in [0.1, 0.15) is 40.0 Å². The predicted molar refractivity (Wildman–Crippen MR) is 135 cm³/mol. The third-order valence-corrected chi connectivity index (χ3v) is 6.95. The van der Waals surface area contributed by atoms with Crippen molar-refractivity contribution in [3.63, 3.8) is 0 Å². The van der Waals surface area contributed by atoms with Crippen molar-refractivity contribution in [2.24, 2.45) is 0 Å². The fourth-order valence-electron chi connectivity index (χ4n) is 4.80. The summed E-state index contributed by atoms with van der Waals surface area (Å²) in [5.74, 6) is 0.564. The molecule has 0 unspecified atom stereocenters. The number of methoxy groups -OCH3 is 1. The number of nitriles is 1. The topological polar surface area (TPSA) is 102 Å². The summed E-state index contributed by atoms with van der Waals surface area (Å²) in [4.78, 5) is 17.6. The van der Waals surface area contributed by atoms with Crippen LogP contribution in [0.2, 0.25) is 0 Å². The van der Waals surface area contributed by atoms with Gasteiger partial charge in [0, 0.05) is 49.2 Å². The molecule has 2 aromatic carbocycles. The summed E-state index contributed by atoms with van der Waals surface area (Å²) in [5, 5.41) is 16.7. The highest BCUT2D eigenvalue weighted by Gasteiger charge is 2.35. The minimum Gasteiger partial charge on any atom is -0.497 e. The molecule has 1 amide bonds. The third-order valence-electron chi connectivity index (χ3n) is 6.95. The summed E-state index contributed by atoms with van der Waals surface area (Å²) < 4.78 is 12.5. The van der Waals surface area contributed by atoms with Gasteiger partial charge in [0.1, 0.15) is 5.75 Å². The van der Waals surface area contributed by atoms with Crippen LogP contribution < -0.4 is 10.1 Å². The lowest BCUT2D eigenvalue weighted by Gasteiger charge is -2.38. The number of nitrogens with zero attached hydrogens (tertiary/aromatic N) is 4. The molecule has 182 valence electrons. The molecular formula is C28H27N5O3. The minimum absolute atomic E-state index is 0.210. The highest BCUT2D eigenvalue weighted by molar-refractivity contribution is 5.93. The zero-order valence-corrected chi connectivity index (χ0v) is 20.3. The zero-order chi connectivity index (χ0) is 25.1. The van der Waals surface area contributed by atoms with Crippen LogP contribution in [0.25, 0.3) is 16.8 Å². The van der Waals surface area contributed by atoms with E-state index in [-0.39, 0.29) is 11.3 Å². The normalized spacial score (nSPS) is 14.8. The Labute approximate surface area is 209 Å². The Bertz CT molecular complexity index is 1450. The molecule has 1 saturated heterocycles. The van der Waals surface area contributed by atoms with Crippen molar-refractivity contribution in [1.29, 1.82) is 5.26 Å². The average molecular weight is 482 g/mol. The van der Waals surface area contributed by atoms with Gasteiger partial charge in [-0.25, -0.2) is 9.50 Å². The second-order valence-corrected chi connectivity index (χ2v) is 9.12. The summed E-state index contributed by atoms with van der Waals surface area (Å²) in [7, 11) is 1.65. The second-order valence-electron chi connectivity index (χ2n) is 9.12. The van der Waals surface area contributed by atoms with E-state index in [1.54, 1.807) is 30.0 Å². The molecule has 5 rings (SSSR count). The molecule has 4 aromatic rings. The number of fused-ring (bicyclic) bond motifs is 1. The molecule has 1 aliphatic heterocycles. The van der Waals surface area contributed by atoms with E-state index in [4.69, 9.17) is 14.7 Å². The molecule has 0 spiro atoms. The van der Waals surface area contributed by atoms with E-state index in [0.29, 0.717) is 36.7 Å². The first-order valence-electron chi connectivity index (χ1n) is 11.9. The van der Waals surface area contributed by atoms with Crippen LogP contribution in [0.5, 0.6) is 5.75 Å². The maximum atomic E-state index is 13.1. The van der Waals surface area contributed by atoms with E-state index in [1.165, 1.54) is 0 Å². The average Bonchev–Trinajstić information content (AvgIpc) is 3.36. The van der Waals surface area contributed by atoms with Gasteiger partial charge in [-0.05, 0) is 60.7 Å². The van der Waals surface area contributed by atoms with Gasteiger partial charge in [-0.15, -0.1) is 0 Å². The number of amides is 1.